The molecule has 3 aromatic heterocycles. The van der Waals surface area contributed by atoms with Gasteiger partial charge in [0.25, 0.3) is 15.6 Å². The maximum atomic E-state index is 12.7. The molecule has 0 saturated heterocycles. The van der Waals surface area contributed by atoms with Crippen LogP contribution in [0.4, 0.5) is 11.6 Å². The average Bonchev–Trinajstić information content (AvgIpc) is 3.46. The fourth-order valence-corrected chi connectivity index (χ4v) is 4.03. The third-order valence-corrected chi connectivity index (χ3v) is 6.46. The Hall–Kier alpha value is -4.26. The molecule has 0 spiro atoms. The molecule has 4 rings (SSSR count). The van der Waals surface area contributed by atoms with Gasteiger partial charge in [-0.1, -0.05) is 5.16 Å². The molecule has 176 valence electrons. The number of benzene rings is 1. The Kier molecular flexibility index (Phi) is 6.03. The highest BCUT2D eigenvalue weighted by atomic mass is 32.2. The van der Waals surface area contributed by atoms with Crippen LogP contribution >= 0.6 is 0 Å². The Morgan fingerprint density at radius 1 is 1.12 bits per heavy atom. The summed E-state index contributed by atoms with van der Waals surface area (Å²) in [7, 11) is -3.92. The van der Waals surface area contributed by atoms with E-state index in [4.69, 9.17) is 4.52 Å². The quantitative estimate of drug-likeness (QED) is 0.405. The van der Waals surface area contributed by atoms with Crippen LogP contribution in [-0.2, 0) is 14.8 Å². The minimum atomic E-state index is -3.92. The van der Waals surface area contributed by atoms with Gasteiger partial charge in [0, 0.05) is 29.7 Å². The topological polar surface area (TPSA) is 154 Å². The molecular formula is C21H21N7O5S. The molecule has 0 fully saturated rings. The maximum Gasteiger partial charge on any atom is 0.267 e. The van der Waals surface area contributed by atoms with E-state index in [2.05, 4.69) is 25.4 Å². The molecule has 34 heavy (non-hydrogen) atoms. The normalized spacial score (nSPS) is 12.3. The van der Waals surface area contributed by atoms with Crippen molar-refractivity contribution >= 4 is 27.5 Å². The summed E-state index contributed by atoms with van der Waals surface area (Å²) in [4.78, 5) is 25.0. The molecule has 4 aromatic rings. The van der Waals surface area contributed by atoms with Crippen LogP contribution in [0.5, 0.6) is 0 Å². The number of amides is 1. The number of hydrogen-bond donors (Lipinski definition) is 2. The van der Waals surface area contributed by atoms with Gasteiger partial charge < -0.3 is 9.84 Å². The first-order valence-corrected chi connectivity index (χ1v) is 11.6. The van der Waals surface area contributed by atoms with Crippen LogP contribution < -0.4 is 15.6 Å². The number of sulfonamides is 1. The second kappa shape index (κ2) is 8.94. The maximum absolute atomic E-state index is 12.7. The number of nitrogens with zero attached hydrogens (tertiary/aromatic N) is 5. The Balaban J connectivity index is 1.48. The molecule has 1 amide bonds. The van der Waals surface area contributed by atoms with Crippen molar-refractivity contribution in [2.45, 2.75) is 31.7 Å². The van der Waals surface area contributed by atoms with Gasteiger partial charge in [0.15, 0.2) is 5.82 Å². The molecule has 1 atom stereocenters. The summed E-state index contributed by atoms with van der Waals surface area (Å²) < 4.78 is 35.1. The Bertz CT molecular complexity index is 1490. The van der Waals surface area contributed by atoms with Gasteiger partial charge in [0.05, 0.1) is 10.6 Å². The average molecular weight is 484 g/mol. The molecular weight excluding hydrogens is 462 g/mol. The third kappa shape index (κ3) is 4.59. The zero-order chi connectivity index (χ0) is 24.5. The fourth-order valence-electron chi connectivity index (χ4n) is 2.99. The SMILES string of the molecule is Cc1noc(NS(=O)(=O)c2ccc(NC(=O)C(C)n3nc(-n4cccn4)ccc3=O)cc2)c1C. The van der Waals surface area contributed by atoms with E-state index in [0.717, 1.165) is 4.68 Å². The van der Waals surface area contributed by atoms with E-state index in [1.807, 2.05) is 0 Å². The minimum absolute atomic E-state index is 0.0307. The van der Waals surface area contributed by atoms with Gasteiger partial charge in [0.2, 0.25) is 11.8 Å². The van der Waals surface area contributed by atoms with Crippen molar-refractivity contribution in [2.24, 2.45) is 0 Å². The lowest BCUT2D eigenvalue weighted by molar-refractivity contribution is -0.119. The summed E-state index contributed by atoms with van der Waals surface area (Å²) in [5.41, 5.74) is 1.05. The molecule has 0 saturated carbocycles. The van der Waals surface area contributed by atoms with Gasteiger partial charge in [-0.05, 0) is 57.2 Å². The molecule has 0 bridgehead atoms. The zero-order valence-corrected chi connectivity index (χ0v) is 19.3. The van der Waals surface area contributed by atoms with E-state index in [1.54, 1.807) is 32.3 Å². The van der Waals surface area contributed by atoms with Crippen molar-refractivity contribution in [1.82, 2.24) is 24.7 Å². The standard InChI is InChI=1S/C21H21N7O5S/c1-13-14(2)25-33-21(13)26-34(31,32)17-7-5-16(6-8-17)23-20(30)15(3)28-19(29)10-9-18(24-28)27-12-4-11-22-27/h4-12,15,26H,1-3H3,(H,23,30). The van der Waals surface area contributed by atoms with Crippen LogP contribution in [0.3, 0.4) is 0 Å². The van der Waals surface area contributed by atoms with E-state index >= 15 is 0 Å². The highest BCUT2D eigenvalue weighted by molar-refractivity contribution is 7.92. The van der Waals surface area contributed by atoms with Crippen LogP contribution in [0.15, 0.2) is 69.1 Å². The number of carbonyl (C=O) groups is 1. The van der Waals surface area contributed by atoms with Crippen molar-refractivity contribution < 1.29 is 17.7 Å². The van der Waals surface area contributed by atoms with Gasteiger partial charge in [-0.25, -0.2) is 22.5 Å². The predicted octanol–water partition coefficient (Wildman–Crippen LogP) is 2.03. The van der Waals surface area contributed by atoms with Crippen LogP contribution in [0.1, 0.15) is 24.2 Å². The number of rotatable bonds is 7. The second-order valence-electron chi connectivity index (χ2n) is 7.44. The van der Waals surface area contributed by atoms with Crippen LogP contribution in [0, 0.1) is 13.8 Å². The first-order chi connectivity index (χ1) is 16.2. The third-order valence-electron chi connectivity index (χ3n) is 5.11. The second-order valence-corrected chi connectivity index (χ2v) is 9.12. The van der Waals surface area contributed by atoms with Crippen molar-refractivity contribution in [3.05, 3.63) is 76.5 Å². The first kappa shape index (κ1) is 22.9. The molecule has 13 heteroatoms. The van der Waals surface area contributed by atoms with E-state index in [9.17, 15) is 18.0 Å². The zero-order valence-electron chi connectivity index (χ0n) is 18.5. The summed E-state index contributed by atoms with van der Waals surface area (Å²) in [6.07, 6.45) is 3.23. The van der Waals surface area contributed by atoms with Crippen molar-refractivity contribution in [1.29, 1.82) is 0 Å². The van der Waals surface area contributed by atoms with Gasteiger partial charge in [-0.15, -0.1) is 5.10 Å². The molecule has 0 aliphatic rings. The number of aryl methyl sites for hydroxylation is 1. The van der Waals surface area contributed by atoms with E-state index in [1.165, 1.54) is 48.0 Å². The lowest BCUT2D eigenvalue weighted by Crippen LogP contribution is -2.33. The number of aromatic nitrogens is 5. The molecule has 3 heterocycles. The molecule has 0 aliphatic carbocycles. The van der Waals surface area contributed by atoms with Crippen molar-refractivity contribution in [3.8, 4) is 5.82 Å². The van der Waals surface area contributed by atoms with Crippen LogP contribution in [0.25, 0.3) is 5.82 Å². The van der Waals surface area contributed by atoms with Crippen molar-refractivity contribution in [2.75, 3.05) is 10.0 Å². The summed E-state index contributed by atoms with van der Waals surface area (Å²) in [5, 5.41) is 14.7. The lowest BCUT2D eigenvalue weighted by atomic mass is 10.2. The number of anilines is 2. The van der Waals surface area contributed by atoms with Crippen LogP contribution in [0.2, 0.25) is 0 Å². The van der Waals surface area contributed by atoms with Crippen LogP contribution in [-0.4, -0.2) is 39.0 Å². The number of carbonyl (C=O) groups excluding carboxylic acids is 1. The van der Waals surface area contributed by atoms with E-state index in [-0.39, 0.29) is 10.8 Å². The highest BCUT2D eigenvalue weighted by Gasteiger charge is 2.21. The molecule has 2 N–H and O–H groups in total. The van der Waals surface area contributed by atoms with Gasteiger partial charge in [0.1, 0.15) is 6.04 Å². The summed E-state index contributed by atoms with van der Waals surface area (Å²) in [6.45, 7) is 4.92. The minimum Gasteiger partial charge on any atom is -0.337 e. The lowest BCUT2D eigenvalue weighted by Gasteiger charge is -2.15. The first-order valence-electron chi connectivity index (χ1n) is 10.1. The highest BCUT2D eigenvalue weighted by Crippen LogP contribution is 2.23. The smallest absolute Gasteiger partial charge is 0.267 e. The number of hydrogen-bond acceptors (Lipinski definition) is 8. The molecule has 0 radical (unpaired) electrons. The molecule has 12 nitrogen and oxygen atoms in total. The van der Waals surface area contributed by atoms with Gasteiger partial charge in [-0.3, -0.25) is 9.59 Å². The molecule has 0 aliphatic heterocycles. The fraction of sp³-hybridized carbons (Fsp3) is 0.190. The molecule has 1 unspecified atom stereocenters. The van der Waals surface area contributed by atoms with Gasteiger partial charge in [-0.2, -0.15) is 5.10 Å². The van der Waals surface area contributed by atoms with Gasteiger partial charge >= 0.3 is 0 Å². The Labute approximate surface area is 194 Å². The molecule has 1 aromatic carbocycles. The Morgan fingerprint density at radius 2 is 1.85 bits per heavy atom. The monoisotopic (exact) mass is 483 g/mol. The van der Waals surface area contributed by atoms with E-state index < -0.39 is 27.5 Å². The largest absolute Gasteiger partial charge is 0.337 e. The van der Waals surface area contributed by atoms with Crippen molar-refractivity contribution in [3.63, 3.8) is 0 Å². The number of nitrogens with one attached hydrogen (secondary N) is 2. The summed E-state index contributed by atoms with van der Waals surface area (Å²) in [6, 6.07) is 9.13. The Morgan fingerprint density at radius 3 is 2.47 bits per heavy atom. The van der Waals surface area contributed by atoms with E-state index in [0.29, 0.717) is 22.8 Å². The predicted molar refractivity (Wildman–Crippen MR) is 122 cm³/mol. The summed E-state index contributed by atoms with van der Waals surface area (Å²) in [5.74, 6) is -0.0869. The summed E-state index contributed by atoms with van der Waals surface area (Å²) >= 11 is 0.